The average molecular weight is 329 g/mol. The maximum Gasteiger partial charge on any atom is 0.231 e. The monoisotopic (exact) mass is 329 g/mol. The Hall–Kier alpha value is -1.88. The van der Waals surface area contributed by atoms with Gasteiger partial charge in [0.15, 0.2) is 0 Å². The predicted molar refractivity (Wildman–Crippen MR) is 93.3 cm³/mol. The van der Waals surface area contributed by atoms with Gasteiger partial charge in [-0.3, -0.25) is 14.5 Å². The molecule has 2 amide bonds. The fourth-order valence-electron chi connectivity index (χ4n) is 3.94. The lowest BCUT2D eigenvalue weighted by Crippen LogP contribution is -2.50. The highest BCUT2D eigenvalue weighted by molar-refractivity contribution is 5.84. The molecular formula is C19H27N3O2. The van der Waals surface area contributed by atoms with Gasteiger partial charge in [-0.25, -0.2) is 0 Å². The summed E-state index contributed by atoms with van der Waals surface area (Å²) in [4.78, 5) is 28.4. The van der Waals surface area contributed by atoms with Crippen LogP contribution in [0.4, 0.5) is 0 Å². The smallest absolute Gasteiger partial charge is 0.231 e. The zero-order chi connectivity index (χ0) is 17.0. The summed E-state index contributed by atoms with van der Waals surface area (Å²) in [6.45, 7) is 3.33. The highest BCUT2D eigenvalue weighted by Crippen LogP contribution is 2.45. The fourth-order valence-corrected chi connectivity index (χ4v) is 3.94. The van der Waals surface area contributed by atoms with Gasteiger partial charge >= 0.3 is 0 Å². The number of nitrogens with zero attached hydrogens (tertiary/aromatic N) is 2. The third-order valence-electron chi connectivity index (χ3n) is 5.40. The number of hydrogen-bond acceptors (Lipinski definition) is 3. The molecular weight excluding hydrogens is 302 g/mol. The minimum Gasteiger partial charge on any atom is -0.369 e. The van der Waals surface area contributed by atoms with E-state index in [1.807, 2.05) is 23.1 Å². The van der Waals surface area contributed by atoms with Crippen molar-refractivity contribution < 1.29 is 9.59 Å². The van der Waals surface area contributed by atoms with Crippen LogP contribution in [0.2, 0.25) is 0 Å². The van der Waals surface area contributed by atoms with E-state index in [4.69, 9.17) is 5.73 Å². The van der Waals surface area contributed by atoms with E-state index in [1.54, 1.807) is 0 Å². The molecule has 5 heteroatoms. The molecule has 0 unspecified atom stereocenters. The lowest BCUT2D eigenvalue weighted by molar-refractivity contribution is -0.147. The van der Waals surface area contributed by atoms with Crippen molar-refractivity contribution in [3.05, 3.63) is 35.9 Å². The van der Waals surface area contributed by atoms with Crippen molar-refractivity contribution in [2.45, 2.75) is 32.1 Å². The third kappa shape index (κ3) is 3.78. The van der Waals surface area contributed by atoms with Gasteiger partial charge in [0, 0.05) is 26.2 Å². The van der Waals surface area contributed by atoms with Crippen molar-refractivity contribution in [1.29, 1.82) is 0 Å². The molecule has 1 aliphatic heterocycles. The lowest BCUT2D eigenvalue weighted by atomic mass is 9.64. The molecule has 2 fully saturated rings. The van der Waals surface area contributed by atoms with Crippen molar-refractivity contribution in [2.75, 3.05) is 32.7 Å². The van der Waals surface area contributed by atoms with Gasteiger partial charge in [0.05, 0.1) is 12.0 Å². The summed E-state index contributed by atoms with van der Waals surface area (Å²) in [7, 11) is 0. The highest BCUT2D eigenvalue weighted by Gasteiger charge is 2.46. The molecule has 5 nitrogen and oxygen atoms in total. The molecule has 0 atom stereocenters. The van der Waals surface area contributed by atoms with Crippen LogP contribution in [-0.4, -0.2) is 54.3 Å². The van der Waals surface area contributed by atoms with Gasteiger partial charge in [0.25, 0.3) is 0 Å². The number of amides is 2. The number of rotatable bonds is 5. The molecule has 0 bridgehead atoms. The Kier molecular flexibility index (Phi) is 5.19. The molecule has 0 spiro atoms. The Labute approximate surface area is 143 Å². The minimum absolute atomic E-state index is 0.208. The Balaban J connectivity index is 1.64. The number of nitrogens with two attached hydrogens (primary N) is 1. The molecule has 1 aromatic carbocycles. The summed E-state index contributed by atoms with van der Waals surface area (Å²) in [6, 6.07) is 10.3. The molecule has 24 heavy (non-hydrogen) atoms. The van der Waals surface area contributed by atoms with Crippen LogP contribution in [0.25, 0.3) is 0 Å². The number of hydrogen-bond donors (Lipinski definition) is 1. The second-order valence-electron chi connectivity index (χ2n) is 7.18. The van der Waals surface area contributed by atoms with Gasteiger partial charge < -0.3 is 10.6 Å². The van der Waals surface area contributed by atoms with Crippen LogP contribution in [0.15, 0.2) is 30.3 Å². The SMILES string of the molecule is NC(=O)CN1CCCN(C(=O)C2(Cc3ccccc3)CCC2)CC1. The van der Waals surface area contributed by atoms with Gasteiger partial charge in [-0.15, -0.1) is 0 Å². The molecule has 1 saturated carbocycles. The first-order chi connectivity index (χ1) is 11.6. The molecule has 130 valence electrons. The first-order valence-electron chi connectivity index (χ1n) is 8.93. The van der Waals surface area contributed by atoms with Crippen LogP contribution in [0.3, 0.4) is 0 Å². The van der Waals surface area contributed by atoms with Gasteiger partial charge in [-0.2, -0.15) is 0 Å². The summed E-state index contributed by atoms with van der Waals surface area (Å²) in [6.07, 6.45) is 4.86. The summed E-state index contributed by atoms with van der Waals surface area (Å²) in [5.41, 5.74) is 6.33. The largest absolute Gasteiger partial charge is 0.369 e. The first-order valence-corrected chi connectivity index (χ1v) is 8.93. The van der Waals surface area contributed by atoms with Gasteiger partial charge in [0.2, 0.25) is 11.8 Å². The van der Waals surface area contributed by atoms with Crippen LogP contribution in [0.5, 0.6) is 0 Å². The zero-order valence-electron chi connectivity index (χ0n) is 14.2. The normalized spacial score (nSPS) is 20.9. The summed E-state index contributed by atoms with van der Waals surface area (Å²) in [5, 5.41) is 0. The molecule has 1 aliphatic carbocycles. The van der Waals surface area contributed by atoms with Crippen molar-refractivity contribution in [3.63, 3.8) is 0 Å². The number of carbonyl (C=O) groups is 2. The van der Waals surface area contributed by atoms with Gasteiger partial charge in [0.1, 0.15) is 0 Å². The minimum atomic E-state index is -0.297. The Bertz CT molecular complexity index is 584. The molecule has 3 rings (SSSR count). The average Bonchev–Trinajstić information content (AvgIpc) is 2.76. The summed E-state index contributed by atoms with van der Waals surface area (Å²) < 4.78 is 0. The second-order valence-corrected chi connectivity index (χ2v) is 7.18. The van der Waals surface area contributed by atoms with Crippen molar-refractivity contribution in [3.8, 4) is 0 Å². The third-order valence-corrected chi connectivity index (χ3v) is 5.40. The van der Waals surface area contributed by atoms with Crippen LogP contribution in [-0.2, 0) is 16.0 Å². The fraction of sp³-hybridized carbons (Fsp3) is 0.579. The molecule has 2 N–H and O–H groups in total. The standard InChI is InChI=1S/C19H27N3O2/c20-17(23)15-21-10-5-11-22(13-12-21)18(24)19(8-4-9-19)14-16-6-2-1-3-7-16/h1-3,6-7H,4-5,8-15H2,(H2,20,23). The van der Waals surface area contributed by atoms with Gasteiger partial charge in [-0.1, -0.05) is 36.8 Å². The Morgan fingerprint density at radius 3 is 2.38 bits per heavy atom. The molecule has 1 saturated heterocycles. The quantitative estimate of drug-likeness (QED) is 0.888. The Morgan fingerprint density at radius 1 is 1.00 bits per heavy atom. The predicted octanol–water partition coefficient (Wildman–Crippen LogP) is 1.42. The Morgan fingerprint density at radius 2 is 1.75 bits per heavy atom. The number of benzene rings is 1. The maximum atomic E-state index is 13.2. The molecule has 1 heterocycles. The van der Waals surface area contributed by atoms with E-state index in [0.717, 1.165) is 51.7 Å². The van der Waals surface area contributed by atoms with Crippen LogP contribution < -0.4 is 5.73 Å². The molecule has 2 aliphatic rings. The number of carbonyl (C=O) groups excluding carboxylic acids is 2. The van der Waals surface area contributed by atoms with E-state index in [0.29, 0.717) is 12.5 Å². The molecule has 0 aromatic heterocycles. The van der Waals surface area contributed by atoms with E-state index < -0.39 is 0 Å². The van der Waals surface area contributed by atoms with E-state index in [-0.39, 0.29) is 17.9 Å². The van der Waals surface area contributed by atoms with E-state index in [2.05, 4.69) is 17.0 Å². The first kappa shape index (κ1) is 17.0. The lowest BCUT2D eigenvalue weighted by Gasteiger charge is -2.43. The topological polar surface area (TPSA) is 66.6 Å². The zero-order valence-corrected chi connectivity index (χ0v) is 14.2. The van der Waals surface area contributed by atoms with E-state index in [1.165, 1.54) is 5.56 Å². The van der Waals surface area contributed by atoms with E-state index in [9.17, 15) is 9.59 Å². The molecule has 0 radical (unpaired) electrons. The highest BCUT2D eigenvalue weighted by atomic mass is 16.2. The van der Waals surface area contributed by atoms with Crippen LogP contribution in [0, 0.1) is 5.41 Å². The summed E-state index contributed by atoms with van der Waals surface area (Å²) >= 11 is 0. The maximum absolute atomic E-state index is 13.2. The van der Waals surface area contributed by atoms with Crippen molar-refractivity contribution in [1.82, 2.24) is 9.80 Å². The van der Waals surface area contributed by atoms with Crippen LogP contribution in [0.1, 0.15) is 31.2 Å². The van der Waals surface area contributed by atoms with Crippen LogP contribution >= 0.6 is 0 Å². The summed E-state index contributed by atoms with van der Waals surface area (Å²) in [5.74, 6) is 0.00726. The van der Waals surface area contributed by atoms with Gasteiger partial charge in [-0.05, 0) is 31.2 Å². The molecule has 1 aromatic rings. The number of primary amides is 1. The van der Waals surface area contributed by atoms with Crippen molar-refractivity contribution in [2.24, 2.45) is 11.1 Å². The van der Waals surface area contributed by atoms with E-state index >= 15 is 0 Å². The second kappa shape index (κ2) is 7.34. The van der Waals surface area contributed by atoms with Crippen molar-refractivity contribution >= 4 is 11.8 Å².